The lowest BCUT2D eigenvalue weighted by Gasteiger charge is -1.99. The molecule has 3 heteroatoms. The number of thioether (sulfide) groups is 1. The van der Waals surface area contributed by atoms with Crippen molar-refractivity contribution in [3.63, 3.8) is 0 Å². The maximum absolute atomic E-state index is 13.3. The minimum absolute atomic E-state index is 0.109. The standard InChI is InChI=1S/C10H9FS2/c1-6-5-7-3-4-8(11)10(12-2)9(7)13-6/h3-5H,1-2H3. The summed E-state index contributed by atoms with van der Waals surface area (Å²) < 4.78 is 14.4. The molecule has 0 bridgehead atoms. The lowest BCUT2D eigenvalue weighted by atomic mass is 10.2. The molecule has 0 aliphatic carbocycles. The minimum Gasteiger partial charge on any atom is -0.206 e. The SMILES string of the molecule is CSc1c(F)ccc2cc(C)sc12. The van der Waals surface area contributed by atoms with Gasteiger partial charge in [-0.2, -0.15) is 0 Å². The molecule has 0 spiro atoms. The fourth-order valence-corrected chi connectivity index (χ4v) is 3.26. The van der Waals surface area contributed by atoms with Crippen LogP contribution >= 0.6 is 23.1 Å². The van der Waals surface area contributed by atoms with E-state index >= 15 is 0 Å². The Labute approximate surface area is 84.8 Å². The number of hydrogen-bond acceptors (Lipinski definition) is 2. The predicted molar refractivity (Wildman–Crippen MR) is 58.3 cm³/mol. The Morgan fingerprint density at radius 1 is 1.38 bits per heavy atom. The molecule has 1 heterocycles. The summed E-state index contributed by atoms with van der Waals surface area (Å²) in [6, 6.07) is 5.48. The average molecular weight is 212 g/mol. The first kappa shape index (κ1) is 9.03. The Morgan fingerprint density at radius 3 is 2.85 bits per heavy atom. The van der Waals surface area contributed by atoms with Crippen LogP contribution in [0.25, 0.3) is 10.1 Å². The van der Waals surface area contributed by atoms with Gasteiger partial charge in [-0.3, -0.25) is 0 Å². The molecule has 0 N–H and O–H groups in total. The summed E-state index contributed by atoms with van der Waals surface area (Å²) in [7, 11) is 0. The second-order valence-corrected chi connectivity index (χ2v) is 4.93. The van der Waals surface area contributed by atoms with Gasteiger partial charge in [-0.05, 0) is 30.7 Å². The smallest absolute Gasteiger partial charge is 0.138 e. The van der Waals surface area contributed by atoms with Gasteiger partial charge in [0.2, 0.25) is 0 Å². The van der Waals surface area contributed by atoms with Crippen LogP contribution in [0, 0.1) is 12.7 Å². The quantitative estimate of drug-likeness (QED) is 0.642. The number of hydrogen-bond donors (Lipinski definition) is 0. The van der Waals surface area contributed by atoms with Crippen molar-refractivity contribution in [2.75, 3.05) is 6.26 Å². The van der Waals surface area contributed by atoms with Gasteiger partial charge in [0, 0.05) is 4.88 Å². The highest BCUT2D eigenvalue weighted by Crippen LogP contribution is 2.34. The van der Waals surface area contributed by atoms with Gasteiger partial charge < -0.3 is 0 Å². The van der Waals surface area contributed by atoms with E-state index in [0.29, 0.717) is 0 Å². The van der Waals surface area contributed by atoms with E-state index in [9.17, 15) is 4.39 Å². The van der Waals surface area contributed by atoms with Gasteiger partial charge in [0.25, 0.3) is 0 Å². The third-order valence-electron chi connectivity index (χ3n) is 1.92. The van der Waals surface area contributed by atoms with E-state index in [4.69, 9.17) is 0 Å². The third-order valence-corrected chi connectivity index (χ3v) is 3.94. The van der Waals surface area contributed by atoms with E-state index in [-0.39, 0.29) is 5.82 Å². The molecule has 0 aliphatic heterocycles. The van der Waals surface area contributed by atoms with E-state index in [1.165, 1.54) is 16.6 Å². The monoisotopic (exact) mass is 212 g/mol. The highest BCUT2D eigenvalue weighted by Gasteiger charge is 2.08. The number of benzene rings is 1. The first-order valence-corrected chi connectivity index (χ1v) is 5.99. The minimum atomic E-state index is -0.109. The van der Waals surface area contributed by atoms with Crippen molar-refractivity contribution in [3.8, 4) is 0 Å². The Bertz CT molecular complexity index is 445. The summed E-state index contributed by atoms with van der Waals surface area (Å²) in [6.45, 7) is 2.05. The molecule has 0 aliphatic rings. The van der Waals surface area contributed by atoms with Crippen LogP contribution in [0.5, 0.6) is 0 Å². The molecule has 68 valence electrons. The second kappa shape index (κ2) is 3.31. The van der Waals surface area contributed by atoms with Gasteiger partial charge in [0.05, 0.1) is 9.60 Å². The van der Waals surface area contributed by atoms with Crippen molar-refractivity contribution < 1.29 is 4.39 Å². The number of fused-ring (bicyclic) bond motifs is 1. The maximum Gasteiger partial charge on any atom is 0.138 e. The van der Waals surface area contributed by atoms with Crippen molar-refractivity contribution in [1.82, 2.24) is 0 Å². The molecule has 0 fully saturated rings. The van der Waals surface area contributed by atoms with Gasteiger partial charge in [0.1, 0.15) is 5.82 Å². The van der Waals surface area contributed by atoms with Gasteiger partial charge in [-0.25, -0.2) is 4.39 Å². The van der Waals surface area contributed by atoms with Crippen LogP contribution in [0.4, 0.5) is 4.39 Å². The second-order valence-electron chi connectivity index (χ2n) is 2.86. The van der Waals surface area contributed by atoms with Gasteiger partial charge in [-0.1, -0.05) is 6.07 Å². The van der Waals surface area contributed by atoms with Crippen molar-refractivity contribution in [2.24, 2.45) is 0 Å². The summed E-state index contributed by atoms with van der Waals surface area (Å²) >= 11 is 3.13. The Hall–Kier alpha value is -0.540. The van der Waals surface area contributed by atoms with Gasteiger partial charge in [-0.15, -0.1) is 23.1 Å². The van der Waals surface area contributed by atoms with Gasteiger partial charge in [0.15, 0.2) is 0 Å². The number of thiophene rings is 1. The lowest BCUT2D eigenvalue weighted by molar-refractivity contribution is 0.606. The Kier molecular flexibility index (Phi) is 2.30. The highest BCUT2D eigenvalue weighted by molar-refractivity contribution is 7.99. The molecule has 0 nitrogen and oxygen atoms in total. The van der Waals surface area contributed by atoms with Crippen LogP contribution in [0.1, 0.15) is 4.88 Å². The topological polar surface area (TPSA) is 0 Å². The third kappa shape index (κ3) is 1.46. The largest absolute Gasteiger partial charge is 0.206 e. The lowest BCUT2D eigenvalue weighted by Crippen LogP contribution is -1.78. The molecule has 1 aromatic heterocycles. The van der Waals surface area contributed by atoms with E-state index in [2.05, 4.69) is 6.07 Å². The van der Waals surface area contributed by atoms with Crippen LogP contribution in [0.15, 0.2) is 23.1 Å². The normalized spacial score (nSPS) is 11.0. The van der Waals surface area contributed by atoms with Crippen LogP contribution in [-0.4, -0.2) is 6.26 Å². The molecule has 0 atom stereocenters. The fraction of sp³-hybridized carbons (Fsp3) is 0.200. The molecular formula is C10H9FS2. The zero-order chi connectivity index (χ0) is 9.42. The van der Waals surface area contributed by atoms with Crippen LogP contribution in [0.3, 0.4) is 0 Å². The number of rotatable bonds is 1. The van der Waals surface area contributed by atoms with E-state index in [0.717, 1.165) is 15.0 Å². The van der Waals surface area contributed by atoms with Crippen LogP contribution < -0.4 is 0 Å². The molecule has 0 saturated carbocycles. The summed E-state index contributed by atoms with van der Waals surface area (Å²) in [4.78, 5) is 2.01. The van der Waals surface area contributed by atoms with E-state index < -0.39 is 0 Å². The zero-order valence-electron chi connectivity index (χ0n) is 7.43. The van der Waals surface area contributed by atoms with Crippen molar-refractivity contribution in [1.29, 1.82) is 0 Å². The summed E-state index contributed by atoms with van der Waals surface area (Å²) in [5, 5.41) is 1.15. The Morgan fingerprint density at radius 2 is 2.15 bits per heavy atom. The van der Waals surface area contributed by atoms with Crippen molar-refractivity contribution in [2.45, 2.75) is 11.8 Å². The van der Waals surface area contributed by atoms with Crippen LogP contribution in [-0.2, 0) is 0 Å². The molecule has 1 aromatic carbocycles. The molecule has 2 rings (SSSR count). The summed E-state index contributed by atoms with van der Waals surface area (Å²) in [5.41, 5.74) is 0. The molecule has 13 heavy (non-hydrogen) atoms. The first-order chi connectivity index (χ1) is 6.22. The first-order valence-electron chi connectivity index (χ1n) is 3.95. The molecular weight excluding hydrogens is 203 g/mol. The highest BCUT2D eigenvalue weighted by atomic mass is 32.2. The van der Waals surface area contributed by atoms with Crippen molar-refractivity contribution in [3.05, 3.63) is 28.9 Å². The number of aryl methyl sites for hydroxylation is 1. The molecule has 0 saturated heterocycles. The zero-order valence-corrected chi connectivity index (χ0v) is 9.06. The van der Waals surface area contributed by atoms with E-state index in [1.807, 2.05) is 19.2 Å². The molecule has 0 amide bonds. The van der Waals surface area contributed by atoms with E-state index in [1.54, 1.807) is 17.4 Å². The molecule has 2 aromatic rings. The van der Waals surface area contributed by atoms with Crippen molar-refractivity contribution >= 4 is 33.2 Å². The molecule has 0 radical (unpaired) electrons. The fourth-order valence-electron chi connectivity index (χ4n) is 1.37. The molecule has 0 unspecified atom stereocenters. The average Bonchev–Trinajstić information content (AvgIpc) is 2.45. The van der Waals surface area contributed by atoms with Gasteiger partial charge >= 0.3 is 0 Å². The predicted octanol–water partition coefficient (Wildman–Crippen LogP) is 4.07. The van der Waals surface area contributed by atoms with Crippen LogP contribution in [0.2, 0.25) is 0 Å². The Balaban J connectivity index is 2.82. The summed E-state index contributed by atoms with van der Waals surface area (Å²) in [6.07, 6.45) is 1.91. The summed E-state index contributed by atoms with van der Waals surface area (Å²) in [5.74, 6) is -0.109. The number of halogens is 1. The maximum atomic E-state index is 13.3.